The Morgan fingerprint density at radius 3 is 2.95 bits per heavy atom. The van der Waals surface area contributed by atoms with Crippen LogP contribution in [0.15, 0.2) is 36.8 Å². The number of rotatable bonds is 2. The van der Waals surface area contributed by atoms with Crippen LogP contribution in [0.1, 0.15) is 0 Å². The Morgan fingerprint density at radius 2 is 2.19 bits per heavy atom. The van der Waals surface area contributed by atoms with Gasteiger partial charge in [0.2, 0.25) is 5.78 Å². The molecule has 0 unspecified atom stereocenters. The molecule has 4 N–H and O–H groups in total. The monoisotopic (exact) mass is 287 g/mol. The fraction of sp³-hybridized carbons (Fsp3) is 0. The van der Waals surface area contributed by atoms with Gasteiger partial charge in [0.15, 0.2) is 0 Å². The van der Waals surface area contributed by atoms with E-state index in [4.69, 9.17) is 10.8 Å². The number of halogens is 1. The van der Waals surface area contributed by atoms with Crippen LogP contribution in [-0.2, 0) is 0 Å². The number of carboxylic acid groups (broad SMARTS) is 1. The molecule has 3 rings (SSSR count). The van der Waals surface area contributed by atoms with Gasteiger partial charge in [-0.25, -0.2) is 19.2 Å². The number of aromatic nitrogens is 3. The van der Waals surface area contributed by atoms with Gasteiger partial charge in [-0.15, -0.1) is 0 Å². The van der Waals surface area contributed by atoms with Crippen molar-refractivity contribution >= 4 is 23.2 Å². The normalized spacial score (nSPS) is 10.7. The minimum absolute atomic E-state index is 0.258. The smallest absolute Gasteiger partial charge is 0.409 e. The fourth-order valence-corrected chi connectivity index (χ4v) is 1.94. The Hall–Kier alpha value is -3.16. The molecule has 0 aliphatic rings. The van der Waals surface area contributed by atoms with Crippen LogP contribution in [0.5, 0.6) is 0 Å². The van der Waals surface area contributed by atoms with E-state index in [9.17, 15) is 9.18 Å². The summed E-state index contributed by atoms with van der Waals surface area (Å²) in [4.78, 5) is 18.8. The maximum absolute atomic E-state index is 13.8. The lowest BCUT2D eigenvalue weighted by Gasteiger charge is -2.00. The third-order valence-corrected chi connectivity index (χ3v) is 2.83. The van der Waals surface area contributed by atoms with E-state index in [0.29, 0.717) is 17.2 Å². The molecular formula is C13H10FN5O2. The van der Waals surface area contributed by atoms with Crippen molar-refractivity contribution in [3.8, 4) is 11.3 Å². The molecule has 2 aromatic heterocycles. The first kappa shape index (κ1) is 12.9. The van der Waals surface area contributed by atoms with Crippen LogP contribution in [-0.4, -0.2) is 25.6 Å². The summed E-state index contributed by atoms with van der Waals surface area (Å²) in [5.41, 5.74) is 6.97. The first-order valence-corrected chi connectivity index (χ1v) is 5.93. The molecule has 0 fully saturated rings. The average Bonchev–Trinajstić information content (AvgIpc) is 2.83. The standard InChI is InChI=1S/C13H10FN5O2/c14-10-2-1-7(15)3-9(10)11-6-19-5-8(17-13(20)21)4-16-12(19)18-11/h1-6,17H,15H2,(H,20,21). The molecule has 3 aromatic rings. The van der Waals surface area contributed by atoms with Crippen LogP contribution in [0.25, 0.3) is 17.0 Å². The molecule has 7 nitrogen and oxygen atoms in total. The van der Waals surface area contributed by atoms with Crippen molar-refractivity contribution in [1.29, 1.82) is 0 Å². The van der Waals surface area contributed by atoms with Crippen molar-refractivity contribution in [2.75, 3.05) is 11.1 Å². The van der Waals surface area contributed by atoms with Crippen molar-refractivity contribution in [3.05, 3.63) is 42.6 Å². The molecule has 0 radical (unpaired) electrons. The second-order valence-electron chi connectivity index (χ2n) is 4.35. The van der Waals surface area contributed by atoms with Gasteiger partial charge < -0.3 is 10.8 Å². The van der Waals surface area contributed by atoms with Crippen molar-refractivity contribution in [2.24, 2.45) is 0 Å². The van der Waals surface area contributed by atoms with E-state index < -0.39 is 11.9 Å². The number of nitrogen functional groups attached to an aromatic ring is 1. The lowest BCUT2D eigenvalue weighted by atomic mass is 10.1. The summed E-state index contributed by atoms with van der Waals surface area (Å²) in [6.07, 6.45) is 3.18. The summed E-state index contributed by atoms with van der Waals surface area (Å²) in [7, 11) is 0. The Labute approximate surface area is 117 Å². The summed E-state index contributed by atoms with van der Waals surface area (Å²) in [6.45, 7) is 0. The largest absolute Gasteiger partial charge is 0.465 e. The van der Waals surface area contributed by atoms with Gasteiger partial charge in [-0.2, -0.15) is 0 Å². The number of amides is 1. The molecule has 1 aromatic carbocycles. The Kier molecular flexibility index (Phi) is 2.90. The molecule has 0 aliphatic heterocycles. The third kappa shape index (κ3) is 2.46. The summed E-state index contributed by atoms with van der Waals surface area (Å²) >= 11 is 0. The zero-order valence-corrected chi connectivity index (χ0v) is 10.6. The molecule has 106 valence electrons. The van der Waals surface area contributed by atoms with E-state index in [0.717, 1.165) is 0 Å². The quantitative estimate of drug-likeness (QED) is 0.627. The number of hydrogen-bond donors (Lipinski definition) is 3. The summed E-state index contributed by atoms with van der Waals surface area (Å²) in [6, 6.07) is 4.20. The minimum Gasteiger partial charge on any atom is -0.465 e. The van der Waals surface area contributed by atoms with E-state index in [1.807, 2.05) is 0 Å². The highest BCUT2D eigenvalue weighted by Crippen LogP contribution is 2.24. The van der Waals surface area contributed by atoms with Crippen LogP contribution < -0.4 is 11.1 Å². The number of carbonyl (C=O) groups is 1. The molecule has 21 heavy (non-hydrogen) atoms. The van der Waals surface area contributed by atoms with E-state index in [-0.39, 0.29) is 11.3 Å². The lowest BCUT2D eigenvalue weighted by molar-refractivity contribution is 0.209. The van der Waals surface area contributed by atoms with Crippen molar-refractivity contribution in [2.45, 2.75) is 0 Å². The topological polar surface area (TPSA) is 106 Å². The summed E-state index contributed by atoms with van der Waals surface area (Å²) < 4.78 is 15.3. The summed E-state index contributed by atoms with van der Waals surface area (Å²) in [5.74, 6) is -0.126. The lowest BCUT2D eigenvalue weighted by Crippen LogP contribution is -2.08. The first-order valence-electron chi connectivity index (χ1n) is 5.93. The number of nitrogens with two attached hydrogens (primary N) is 1. The van der Waals surface area contributed by atoms with Crippen LogP contribution in [0.2, 0.25) is 0 Å². The van der Waals surface area contributed by atoms with Crippen LogP contribution in [0, 0.1) is 5.82 Å². The second-order valence-corrected chi connectivity index (χ2v) is 4.35. The fourth-order valence-electron chi connectivity index (χ4n) is 1.94. The van der Waals surface area contributed by atoms with Crippen molar-refractivity contribution in [3.63, 3.8) is 0 Å². The van der Waals surface area contributed by atoms with Gasteiger partial charge >= 0.3 is 6.09 Å². The zero-order chi connectivity index (χ0) is 15.0. The maximum Gasteiger partial charge on any atom is 0.409 e. The van der Waals surface area contributed by atoms with Gasteiger partial charge in [0, 0.05) is 23.6 Å². The molecule has 0 saturated heterocycles. The predicted octanol–water partition coefficient (Wildman–Crippen LogP) is 2.21. The number of benzene rings is 1. The third-order valence-electron chi connectivity index (χ3n) is 2.83. The average molecular weight is 287 g/mol. The highest BCUT2D eigenvalue weighted by molar-refractivity contribution is 5.82. The molecule has 8 heteroatoms. The highest BCUT2D eigenvalue weighted by atomic mass is 19.1. The van der Waals surface area contributed by atoms with E-state index in [1.165, 1.54) is 35.0 Å². The molecule has 2 heterocycles. The molecular weight excluding hydrogens is 277 g/mol. The number of nitrogens with zero attached hydrogens (tertiary/aromatic N) is 3. The van der Waals surface area contributed by atoms with Gasteiger partial charge in [0.1, 0.15) is 5.82 Å². The van der Waals surface area contributed by atoms with E-state index >= 15 is 0 Å². The van der Waals surface area contributed by atoms with Crippen molar-refractivity contribution < 1.29 is 14.3 Å². The molecule has 1 amide bonds. The van der Waals surface area contributed by atoms with Gasteiger partial charge in [-0.3, -0.25) is 9.72 Å². The molecule has 0 saturated carbocycles. The van der Waals surface area contributed by atoms with Crippen LogP contribution >= 0.6 is 0 Å². The highest BCUT2D eigenvalue weighted by Gasteiger charge is 2.11. The number of hydrogen-bond acceptors (Lipinski definition) is 4. The summed E-state index contributed by atoms with van der Waals surface area (Å²) in [5, 5.41) is 10.8. The zero-order valence-electron chi connectivity index (χ0n) is 10.6. The number of anilines is 2. The SMILES string of the molecule is Nc1ccc(F)c(-c2cn3cc(NC(=O)O)cnc3n2)c1. The minimum atomic E-state index is -1.20. The molecule has 0 bridgehead atoms. The van der Waals surface area contributed by atoms with Gasteiger partial charge in [-0.1, -0.05) is 0 Å². The molecule has 0 atom stereocenters. The Bertz CT molecular complexity index is 846. The molecule has 0 aliphatic carbocycles. The predicted molar refractivity (Wildman–Crippen MR) is 74.4 cm³/mol. The second kappa shape index (κ2) is 4.75. The van der Waals surface area contributed by atoms with Crippen LogP contribution in [0.3, 0.4) is 0 Å². The van der Waals surface area contributed by atoms with Crippen LogP contribution in [0.4, 0.5) is 20.6 Å². The molecule has 0 spiro atoms. The van der Waals surface area contributed by atoms with E-state index in [2.05, 4.69) is 15.3 Å². The first-order chi connectivity index (χ1) is 10.0. The van der Waals surface area contributed by atoms with Gasteiger partial charge in [-0.05, 0) is 18.2 Å². The number of nitrogens with one attached hydrogen (secondary N) is 1. The Morgan fingerprint density at radius 1 is 1.38 bits per heavy atom. The number of imidazole rings is 1. The van der Waals surface area contributed by atoms with E-state index in [1.54, 1.807) is 6.20 Å². The Balaban J connectivity index is 2.08. The van der Waals surface area contributed by atoms with Crippen molar-refractivity contribution in [1.82, 2.24) is 14.4 Å². The van der Waals surface area contributed by atoms with Gasteiger partial charge in [0.25, 0.3) is 0 Å². The maximum atomic E-state index is 13.8. The van der Waals surface area contributed by atoms with Gasteiger partial charge in [0.05, 0.1) is 17.6 Å². The number of fused-ring (bicyclic) bond motifs is 1.